The maximum absolute atomic E-state index is 12.1. The van der Waals surface area contributed by atoms with Crippen LogP contribution in [-0.2, 0) is 0 Å². The van der Waals surface area contributed by atoms with Crippen LogP contribution in [0.4, 0.5) is 4.39 Å². The fourth-order valence-electron chi connectivity index (χ4n) is 0.946. The molecule has 0 aromatic rings. The lowest BCUT2D eigenvalue weighted by Gasteiger charge is -1.99. The van der Waals surface area contributed by atoms with Crippen molar-refractivity contribution in [2.75, 3.05) is 0 Å². The molecule has 1 rings (SSSR count). The van der Waals surface area contributed by atoms with Crippen molar-refractivity contribution >= 4 is 0 Å². The van der Waals surface area contributed by atoms with Gasteiger partial charge < -0.3 is 0 Å². The highest BCUT2D eigenvalue weighted by molar-refractivity contribution is 5.10. The average Bonchev–Trinajstić information content (AvgIpc) is 2.12. The summed E-state index contributed by atoms with van der Waals surface area (Å²) in [5.74, 6) is 0. The number of hydrogen-bond acceptors (Lipinski definition) is 1. The Morgan fingerprint density at radius 1 is 1.75 bits per heavy atom. The van der Waals surface area contributed by atoms with Crippen molar-refractivity contribution in [3.63, 3.8) is 0 Å². The fraction of sp³-hybridized carbons (Fsp3) is 0.667. The van der Waals surface area contributed by atoms with Crippen molar-refractivity contribution < 1.29 is 4.39 Å². The molecule has 0 aromatic heterocycles. The summed E-state index contributed by atoms with van der Waals surface area (Å²) in [6.45, 7) is 0. The van der Waals surface area contributed by atoms with Crippen LogP contribution in [0.1, 0.15) is 19.3 Å². The third-order valence-corrected chi connectivity index (χ3v) is 1.43. The second-order valence-electron chi connectivity index (χ2n) is 2.07. The lowest BCUT2D eigenvalue weighted by Crippen LogP contribution is -2.14. The van der Waals surface area contributed by atoms with Gasteiger partial charge in [-0.3, -0.25) is 5.73 Å². The lowest BCUT2D eigenvalue weighted by molar-refractivity contribution is 0.388. The summed E-state index contributed by atoms with van der Waals surface area (Å²) in [6.07, 6.45) is 3.64. The Kier molecular flexibility index (Phi) is 1.63. The molecule has 1 nitrogen and oxygen atoms in total. The van der Waals surface area contributed by atoms with Crippen LogP contribution < -0.4 is 5.73 Å². The molecule has 1 unspecified atom stereocenters. The summed E-state index contributed by atoms with van der Waals surface area (Å²) < 4.78 is 12.1. The first-order valence-electron chi connectivity index (χ1n) is 2.89. The molecule has 0 spiro atoms. The Balaban J connectivity index is 2.45. The number of allylic oxidation sites excluding steroid dienone is 1. The first-order chi connectivity index (χ1) is 3.80. The summed E-state index contributed by atoms with van der Waals surface area (Å²) in [5.41, 5.74) is 5.75. The third-order valence-electron chi connectivity index (χ3n) is 1.43. The van der Waals surface area contributed by atoms with Crippen molar-refractivity contribution in [1.82, 2.24) is 0 Å². The van der Waals surface area contributed by atoms with E-state index >= 15 is 0 Å². The van der Waals surface area contributed by atoms with Crippen LogP contribution in [0.2, 0.25) is 0 Å². The summed E-state index contributed by atoms with van der Waals surface area (Å²) in [6, 6.07) is 0. The smallest absolute Gasteiger partial charge is 0.170 e. The maximum Gasteiger partial charge on any atom is 0.170 e. The van der Waals surface area contributed by atoms with Gasteiger partial charge in [0.2, 0.25) is 0 Å². The first-order valence-corrected chi connectivity index (χ1v) is 2.89. The zero-order valence-corrected chi connectivity index (χ0v) is 4.73. The molecule has 1 aliphatic rings. The minimum atomic E-state index is -1.20. The minimum Gasteiger partial charge on any atom is -0.298 e. The maximum atomic E-state index is 12.1. The quantitative estimate of drug-likeness (QED) is 0.405. The van der Waals surface area contributed by atoms with Gasteiger partial charge in [0.05, 0.1) is 0 Å². The van der Waals surface area contributed by atoms with Gasteiger partial charge in [-0.1, -0.05) is 6.08 Å². The summed E-state index contributed by atoms with van der Waals surface area (Å²) in [4.78, 5) is 0. The van der Waals surface area contributed by atoms with Crippen LogP contribution in [0.15, 0.2) is 11.6 Å². The molecule has 0 radical (unpaired) electrons. The van der Waals surface area contributed by atoms with Crippen LogP contribution in [-0.4, -0.2) is 6.30 Å². The molecule has 0 amide bonds. The van der Waals surface area contributed by atoms with E-state index in [0.717, 1.165) is 24.8 Å². The Labute approximate surface area is 48.4 Å². The Hall–Kier alpha value is -0.370. The van der Waals surface area contributed by atoms with E-state index in [2.05, 4.69) is 0 Å². The van der Waals surface area contributed by atoms with Gasteiger partial charge in [-0.15, -0.1) is 0 Å². The van der Waals surface area contributed by atoms with Gasteiger partial charge in [0.25, 0.3) is 0 Å². The second-order valence-corrected chi connectivity index (χ2v) is 2.07. The zero-order chi connectivity index (χ0) is 5.98. The molecule has 8 heavy (non-hydrogen) atoms. The molecule has 1 aliphatic carbocycles. The predicted molar refractivity (Wildman–Crippen MR) is 31.0 cm³/mol. The molecule has 0 saturated heterocycles. The molecular weight excluding hydrogens is 105 g/mol. The molecule has 0 saturated carbocycles. The van der Waals surface area contributed by atoms with E-state index in [4.69, 9.17) is 5.73 Å². The monoisotopic (exact) mass is 115 g/mol. The van der Waals surface area contributed by atoms with E-state index in [1.54, 1.807) is 0 Å². The van der Waals surface area contributed by atoms with Crippen LogP contribution in [0.3, 0.4) is 0 Å². The third kappa shape index (κ3) is 1.07. The van der Waals surface area contributed by atoms with Crippen LogP contribution in [0.5, 0.6) is 0 Å². The minimum absolute atomic E-state index is 0.782. The van der Waals surface area contributed by atoms with Crippen molar-refractivity contribution in [3.8, 4) is 0 Å². The molecule has 0 fully saturated rings. The molecule has 2 heteroatoms. The van der Waals surface area contributed by atoms with Crippen molar-refractivity contribution in [1.29, 1.82) is 0 Å². The Morgan fingerprint density at radius 3 is 2.75 bits per heavy atom. The standard InChI is InChI=1S/C6H10FN/c7-6(8)5-3-1-2-4-5/h3,6H,1-2,4,8H2. The van der Waals surface area contributed by atoms with Crippen LogP contribution >= 0.6 is 0 Å². The molecule has 0 aliphatic heterocycles. The van der Waals surface area contributed by atoms with Gasteiger partial charge in [0.15, 0.2) is 6.30 Å². The van der Waals surface area contributed by atoms with Gasteiger partial charge >= 0.3 is 0 Å². The van der Waals surface area contributed by atoms with E-state index in [-0.39, 0.29) is 0 Å². The molecule has 0 aromatic carbocycles. The van der Waals surface area contributed by atoms with Crippen molar-refractivity contribution in [2.45, 2.75) is 25.6 Å². The van der Waals surface area contributed by atoms with Crippen LogP contribution in [0, 0.1) is 0 Å². The topological polar surface area (TPSA) is 26.0 Å². The first kappa shape index (κ1) is 5.76. The van der Waals surface area contributed by atoms with Crippen molar-refractivity contribution in [2.24, 2.45) is 5.73 Å². The molecule has 46 valence electrons. The normalized spacial score (nSPS) is 23.0. The second kappa shape index (κ2) is 2.27. The lowest BCUT2D eigenvalue weighted by atomic mass is 10.2. The van der Waals surface area contributed by atoms with Gasteiger partial charge in [-0.25, -0.2) is 4.39 Å². The molecular formula is C6H10FN. The van der Waals surface area contributed by atoms with E-state index < -0.39 is 6.30 Å². The molecule has 2 N–H and O–H groups in total. The summed E-state index contributed by atoms with van der Waals surface area (Å²) >= 11 is 0. The highest BCUT2D eigenvalue weighted by atomic mass is 19.1. The highest BCUT2D eigenvalue weighted by Crippen LogP contribution is 2.19. The van der Waals surface area contributed by atoms with Gasteiger partial charge in [-0.2, -0.15) is 0 Å². The van der Waals surface area contributed by atoms with Crippen LogP contribution in [0.25, 0.3) is 0 Å². The number of nitrogens with two attached hydrogens (primary N) is 1. The van der Waals surface area contributed by atoms with Gasteiger partial charge in [-0.05, 0) is 24.8 Å². The molecule has 0 heterocycles. The SMILES string of the molecule is NC(F)C1=CCCC1. The van der Waals surface area contributed by atoms with E-state index in [9.17, 15) is 4.39 Å². The van der Waals surface area contributed by atoms with Crippen molar-refractivity contribution in [3.05, 3.63) is 11.6 Å². The predicted octanol–water partition coefficient (Wildman–Crippen LogP) is 1.35. The number of alkyl halides is 1. The number of halogens is 1. The highest BCUT2D eigenvalue weighted by Gasteiger charge is 2.10. The summed E-state index contributed by atoms with van der Waals surface area (Å²) in [5, 5.41) is 0. The van der Waals surface area contributed by atoms with Gasteiger partial charge in [0.1, 0.15) is 0 Å². The average molecular weight is 115 g/mol. The fourth-order valence-corrected chi connectivity index (χ4v) is 0.946. The number of rotatable bonds is 1. The van der Waals surface area contributed by atoms with E-state index in [1.165, 1.54) is 0 Å². The van der Waals surface area contributed by atoms with E-state index in [1.807, 2.05) is 6.08 Å². The molecule has 0 bridgehead atoms. The summed E-state index contributed by atoms with van der Waals surface area (Å²) in [7, 11) is 0. The zero-order valence-electron chi connectivity index (χ0n) is 4.73. The largest absolute Gasteiger partial charge is 0.298 e. The number of hydrogen-bond donors (Lipinski definition) is 1. The van der Waals surface area contributed by atoms with Gasteiger partial charge in [0, 0.05) is 0 Å². The van der Waals surface area contributed by atoms with E-state index in [0.29, 0.717) is 0 Å². The Bertz CT molecular complexity index is 107. The molecule has 1 atom stereocenters. The Morgan fingerprint density at radius 2 is 2.50 bits per heavy atom.